The summed E-state index contributed by atoms with van der Waals surface area (Å²) in [6, 6.07) is 5.53. The normalized spacial score (nSPS) is 21.8. The Hall–Kier alpha value is -2.61. The first-order valence-electron chi connectivity index (χ1n) is 9.78. The highest BCUT2D eigenvalue weighted by Gasteiger charge is 2.44. The van der Waals surface area contributed by atoms with Crippen LogP contribution in [0.4, 0.5) is 18.9 Å². The maximum atomic E-state index is 15.0. The first-order valence-corrected chi connectivity index (χ1v) is 9.78. The number of hydrogen-bond acceptors (Lipinski definition) is 6. The second-order valence-corrected chi connectivity index (χ2v) is 7.79. The number of aliphatic hydroxyl groups excluding tert-OH is 2. The summed E-state index contributed by atoms with van der Waals surface area (Å²) in [5.74, 6) is -4.27. The number of halogens is 3. The van der Waals surface area contributed by atoms with Crippen molar-refractivity contribution in [3.8, 4) is 6.07 Å². The molecule has 0 bridgehead atoms. The van der Waals surface area contributed by atoms with Crippen molar-refractivity contribution >= 4 is 5.69 Å². The topological polar surface area (TPSA) is 97.3 Å². The standard InChI is InChI=1S/C20H22F3N5O2/c21-16-2-1-14(7-13(16)9-24)25-19(30)27-5-4-17-15(10-27)18-20(22,23)8-12(11-29)3-6-28(18)26-17/h1-2,7,12,19,25,29-30H,3-6,8,10-11H2/t12-,19?/m1/s1. The molecule has 1 aromatic carbocycles. The van der Waals surface area contributed by atoms with Gasteiger partial charge in [-0.05, 0) is 30.5 Å². The molecule has 2 aromatic rings. The number of hydrogen-bond donors (Lipinski definition) is 3. The van der Waals surface area contributed by atoms with Crippen LogP contribution in [0.2, 0.25) is 0 Å². The number of nitrogens with one attached hydrogen (secondary N) is 1. The quantitative estimate of drug-likeness (QED) is 0.655. The minimum atomic E-state index is -3.12. The predicted molar refractivity (Wildman–Crippen MR) is 101 cm³/mol. The molecule has 1 aromatic heterocycles. The summed E-state index contributed by atoms with van der Waals surface area (Å²) in [5.41, 5.74) is 1.05. The van der Waals surface area contributed by atoms with E-state index in [2.05, 4.69) is 10.4 Å². The number of aromatic nitrogens is 2. The van der Waals surface area contributed by atoms with Crippen LogP contribution in [0.15, 0.2) is 18.2 Å². The lowest BCUT2D eigenvalue weighted by molar-refractivity contribution is -0.0402. The summed E-state index contributed by atoms with van der Waals surface area (Å²) >= 11 is 0. The number of fused-ring (bicyclic) bond motifs is 3. The van der Waals surface area contributed by atoms with Gasteiger partial charge >= 0.3 is 0 Å². The molecule has 2 atom stereocenters. The summed E-state index contributed by atoms with van der Waals surface area (Å²) in [7, 11) is 0. The van der Waals surface area contributed by atoms with Gasteiger partial charge in [0.05, 0.1) is 11.3 Å². The van der Waals surface area contributed by atoms with Crippen molar-refractivity contribution in [1.29, 1.82) is 5.26 Å². The van der Waals surface area contributed by atoms with E-state index in [-0.39, 0.29) is 24.4 Å². The van der Waals surface area contributed by atoms with E-state index in [4.69, 9.17) is 5.26 Å². The Bertz CT molecular complexity index is 988. The molecule has 1 unspecified atom stereocenters. The van der Waals surface area contributed by atoms with Gasteiger partial charge in [0.15, 0.2) is 6.35 Å². The van der Waals surface area contributed by atoms with E-state index in [0.717, 1.165) is 6.07 Å². The molecule has 0 saturated heterocycles. The van der Waals surface area contributed by atoms with Crippen LogP contribution < -0.4 is 5.32 Å². The van der Waals surface area contributed by atoms with Crippen molar-refractivity contribution in [3.63, 3.8) is 0 Å². The molecular weight excluding hydrogens is 399 g/mol. The summed E-state index contributed by atoms with van der Waals surface area (Å²) in [6.45, 7) is 0.496. The van der Waals surface area contributed by atoms with Crippen LogP contribution in [0.5, 0.6) is 0 Å². The number of alkyl halides is 2. The van der Waals surface area contributed by atoms with Gasteiger partial charge in [0.2, 0.25) is 0 Å². The largest absolute Gasteiger partial charge is 0.396 e. The maximum absolute atomic E-state index is 15.0. The molecule has 7 nitrogen and oxygen atoms in total. The number of nitriles is 1. The highest BCUT2D eigenvalue weighted by Crippen LogP contribution is 2.42. The minimum Gasteiger partial charge on any atom is -0.396 e. The highest BCUT2D eigenvalue weighted by atomic mass is 19.3. The Balaban J connectivity index is 1.55. The molecule has 2 aliphatic heterocycles. The monoisotopic (exact) mass is 421 g/mol. The van der Waals surface area contributed by atoms with Crippen LogP contribution in [0, 0.1) is 23.1 Å². The van der Waals surface area contributed by atoms with Gasteiger partial charge in [-0.25, -0.2) is 4.39 Å². The molecule has 10 heteroatoms. The fourth-order valence-corrected chi connectivity index (χ4v) is 4.19. The van der Waals surface area contributed by atoms with Crippen LogP contribution in [-0.2, 0) is 25.4 Å². The molecule has 0 aliphatic carbocycles. The molecule has 0 fully saturated rings. The molecule has 2 aliphatic rings. The zero-order chi connectivity index (χ0) is 21.5. The zero-order valence-electron chi connectivity index (χ0n) is 16.2. The van der Waals surface area contributed by atoms with Gasteiger partial charge in [-0.2, -0.15) is 19.1 Å². The summed E-state index contributed by atoms with van der Waals surface area (Å²) < 4.78 is 44.8. The molecule has 0 spiro atoms. The van der Waals surface area contributed by atoms with E-state index in [1.54, 1.807) is 11.0 Å². The van der Waals surface area contributed by atoms with Crippen LogP contribution in [0.25, 0.3) is 0 Å². The Labute approximate surface area is 171 Å². The molecule has 0 radical (unpaired) electrons. The third-order valence-electron chi connectivity index (χ3n) is 5.76. The van der Waals surface area contributed by atoms with Crippen molar-refractivity contribution in [3.05, 3.63) is 46.5 Å². The summed E-state index contributed by atoms with van der Waals surface area (Å²) in [5, 5.41) is 36.0. The fourth-order valence-electron chi connectivity index (χ4n) is 4.19. The molecule has 30 heavy (non-hydrogen) atoms. The average Bonchev–Trinajstić information content (AvgIpc) is 3.04. The van der Waals surface area contributed by atoms with Crippen molar-refractivity contribution < 1.29 is 23.4 Å². The minimum absolute atomic E-state index is 0.0739. The first-order chi connectivity index (χ1) is 14.3. The Morgan fingerprint density at radius 2 is 2.17 bits per heavy atom. The molecule has 0 saturated carbocycles. The van der Waals surface area contributed by atoms with Crippen molar-refractivity contribution in [2.24, 2.45) is 5.92 Å². The van der Waals surface area contributed by atoms with Gasteiger partial charge < -0.3 is 15.5 Å². The van der Waals surface area contributed by atoms with E-state index in [1.165, 1.54) is 16.8 Å². The summed E-state index contributed by atoms with van der Waals surface area (Å²) in [6.07, 6.45) is -0.815. The van der Waals surface area contributed by atoms with Crippen molar-refractivity contribution in [2.75, 3.05) is 18.5 Å². The van der Waals surface area contributed by atoms with E-state index in [1.807, 2.05) is 0 Å². The van der Waals surface area contributed by atoms with Crippen molar-refractivity contribution in [1.82, 2.24) is 14.7 Å². The smallest absolute Gasteiger partial charge is 0.290 e. The molecule has 3 N–H and O–H groups in total. The van der Waals surface area contributed by atoms with Gasteiger partial charge in [-0.3, -0.25) is 9.58 Å². The third kappa shape index (κ3) is 3.76. The van der Waals surface area contributed by atoms with E-state index >= 15 is 0 Å². The highest BCUT2D eigenvalue weighted by molar-refractivity contribution is 5.50. The van der Waals surface area contributed by atoms with Crippen LogP contribution in [-0.4, -0.2) is 44.4 Å². The number of benzene rings is 1. The van der Waals surface area contributed by atoms with E-state index < -0.39 is 30.4 Å². The van der Waals surface area contributed by atoms with Gasteiger partial charge in [0, 0.05) is 50.3 Å². The number of nitrogens with zero attached hydrogens (tertiary/aromatic N) is 4. The molecule has 4 rings (SSSR count). The molecule has 160 valence electrons. The second-order valence-electron chi connectivity index (χ2n) is 7.79. The number of anilines is 1. The predicted octanol–water partition coefficient (Wildman–Crippen LogP) is 2.13. The lowest BCUT2D eigenvalue weighted by Gasteiger charge is -2.32. The van der Waals surface area contributed by atoms with Crippen molar-refractivity contribution in [2.45, 2.75) is 44.6 Å². The SMILES string of the molecule is N#Cc1cc(NC(O)N2CCc3nn4c(c3C2)C(F)(F)C[C@H](CO)CC4)ccc1F. The third-order valence-corrected chi connectivity index (χ3v) is 5.76. The molecular formula is C20H22F3N5O2. The number of rotatable bonds is 4. The van der Waals surface area contributed by atoms with E-state index in [0.29, 0.717) is 42.9 Å². The molecule has 0 amide bonds. The van der Waals surface area contributed by atoms with Crippen LogP contribution in [0.1, 0.15) is 35.4 Å². The van der Waals surface area contributed by atoms with Crippen LogP contribution >= 0.6 is 0 Å². The van der Waals surface area contributed by atoms with Gasteiger partial charge in [0.25, 0.3) is 5.92 Å². The first kappa shape index (κ1) is 20.7. The van der Waals surface area contributed by atoms with Gasteiger partial charge in [-0.15, -0.1) is 0 Å². The average molecular weight is 421 g/mol. The lowest BCUT2D eigenvalue weighted by atomic mass is 9.95. The lowest BCUT2D eigenvalue weighted by Crippen LogP contribution is -2.44. The Morgan fingerprint density at radius 1 is 1.37 bits per heavy atom. The fraction of sp³-hybridized carbons (Fsp3) is 0.500. The zero-order valence-corrected chi connectivity index (χ0v) is 16.2. The second kappa shape index (κ2) is 7.91. The van der Waals surface area contributed by atoms with Crippen LogP contribution in [0.3, 0.4) is 0 Å². The number of aliphatic hydroxyl groups is 2. The molecule has 3 heterocycles. The van der Waals surface area contributed by atoms with Gasteiger partial charge in [-0.1, -0.05) is 0 Å². The van der Waals surface area contributed by atoms with E-state index in [9.17, 15) is 23.4 Å². The van der Waals surface area contributed by atoms with Gasteiger partial charge in [0.1, 0.15) is 17.6 Å². The Morgan fingerprint density at radius 3 is 2.90 bits per heavy atom. The maximum Gasteiger partial charge on any atom is 0.290 e. The summed E-state index contributed by atoms with van der Waals surface area (Å²) in [4.78, 5) is 1.59. The number of aryl methyl sites for hydroxylation is 1. The Kier molecular flexibility index (Phi) is 5.44.